The number of imidazole rings is 1. The Kier molecular flexibility index (Phi) is 3.02. The second-order valence-electron chi connectivity index (χ2n) is 3.53. The van der Waals surface area contributed by atoms with Gasteiger partial charge in [-0.2, -0.15) is 0 Å². The maximum Gasteiger partial charge on any atom is 0.133 e. The molecular weight excluding hydrogens is 188 g/mol. The molecule has 0 radical (unpaired) electrons. The van der Waals surface area contributed by atoms with Crippen LogP contribution in [0, 0.1) is 0 Å². The van der Waals surface area contributed by atoms with Crippen molar-refractivity contribution in [3.8, 4) is 0 Å². The number of rotatable bonds is 4. The lowest BCUT2D eigenvalue weighted by Gasteiger charge is -1.95. The summed E-state index contributed by atoms with van der Waals surface area (Å²) in [4.78, 5) is 7.71. The van der Waals surface area contributed by atoms with Crippen molar-refractivity contribution in [3.63, 3.8) is 0 Å². The van der Waals surface area contributed by atoms with Crippen LogP contribution >= 0.6 is 0 Å². The molecule has 2 rings (SSSR count). The fourth-order valence-electron chi connectivity index (χ4n) is 1.60. The van der Waals surface area contributed by atoms with E-state index in [4.69, 9.17) is 4.74 Å². The van der Waals surface area contributed by atoms with Gasteiger partial charge < -0.3 is 9.72 Å². The molecule has 0 bridgehead atoms. The van der Waals surface area contributed by atoms with Gasteiger partial charge in [0, 0.05) is 6.61 Å². The van der Waals surface area contributed by atoms with E-state index in [0.717, 1.165) is 29.9 Å². The van der Waals surface area contributed by atoms with Crippen LogP contribution in [0.2, 0.25) is 0 Å². The lowest BCUT2D eigenvalue weighted by Crippen LogP contribution is -1.93. The van der Waals surface area contributed by atoms with E-state index in [1.165, 1.54) is 5.56 Å². The quantitative estimate of drug-likeness (QED) is 0.831. The summed E-state index contributed by atoms with van der Waals surface area (Å²) < 4.78 is 5.31. The summed E-state index contributed by atoms with van der Waals surface area (Å²) in [6.45, 7) is 5.42. The SMILES string of the molecule is CCOCc1nc2ccc(CC)cc2[nH]1. The highest BCUT2D eigenvalue weighted by Crippen LogP contribution is 2.14. The molecule has 3 heteroatoms. The standard InChI is InChI=1S/C12H16N2O/c1-3-9-5-6-10-11(7-9)14-12(13-10)8-15-4-2/h5-7H,3-4,8H2,1-2H3,(H,13,14). The van der Waals surface area contributed by atoms with Crippen LogP contribution in [-0.4, -0.2) is 16.6 Å². The molecule has 0 fully saturated rings. The molecular formula is C12H16N2O. The molecule has 15 heavy (non-hydrogen) atoms. The summed E-state index contributed by atoms with van der Waals surface area (Å²) >= 11 is 0. The Hall–Kier alpha value is -1.35. The topological polar surface area (TPSA) is 37.9 Å². The van der Waals surface area contributed by atoms with Crippen molar-refractivity contribution in [1.82, 2.24) is 9.97 Å². The predicted molar refractivity (Wildman–Crippen MR) is 60.8 cm³/mol. The van der Waals surface area contributed by atoms with Crippen LogP contribution in [0.1, 0.15) is 25.2 Å². The summed E-state index contributed by atoms with van der Waals surface area (Å²) in [5, 5.41) is 0. The fraction of sp³-hybridized carbons (Fsp3) is 0.417. The Morgan fingerprint density at radius 2 is 2.20 bits per heavy atom. The summed E-state index contributed by atoms with van der Waals surface area (Å²) in [7, 11) is 0. The van der Waals surface area contributed by atoms with Gasteiger partial charge in [0.1, 0.15) is 12.4 Å². The van der Waals surface area contributed by atoms with Crippen molar-refractivity contribution in [2.45, 2.75) is 26.9 Å². The molecule has 0 saturated heterocycles. The summed E-state index contributed by atoms with van der Waals surface area (Å²) in [6.07, 6.45) is 1.05. The fourth-order valence-corrected chi connectivity index (χ4v) is 1.60. The van der Waals surface area contributed by atoms with Crippen LogP contribution < -0.4 is 0 Å². The molecule has 0 saturated carbocycles. The Bertz CT molecular complexity index is 448. The van der Waals surface area contributed by atoms with Gasteiger partial charge >= 0.3 is 0 Å². The molecule has 2 aromatic rings. The Balaban J connectivity index is 2.29. The Morgan fingerprint density at radius 1 is 1.33 bits per heavy atom. The zero-order valence-electron chi connectivity index (χ0n) is 9.21. The van der Waals surface area contributed by atoms with E-state index in [-0.39, 0.29) is 0 Å². The maximum absolute atomic E-state index is 5.31. The Morgan fingerprint density at radius 3 is 2.93 bits per heavy atom. The minimum atomic E-state index is 0.562. The monoisotopic (exact) mass is 204 g/mol. The van der Waals surface area contributed by atoms with Crippen LogP contribution in [0.25, 0.3) is 11.0 Å². The molecule has 0 aliphatic carbocycles. The molecule has 1 N–H and O–H groups in total. The van der Waals surface area contributed by atoms with Gasteiger partial charge in [-0.05, 0) is 31.0 Å². The number of aryl methyl sites for hydroxylation is 1. The number of aromatic amines is 1. The summed E-state index contributed by atoms with van der Waals surface area (Å²) in [5.41, 5.74) is 3.44. The van der Waals surface area contributed by atoms with Crippen LogP contribution in [0.5, 0.6) is 0 Å². The molecule has 0 atom stereocenters. The van der Waals surface area contributed by atoms with E-state index >= 15 is 0 Å². The van der Waals surface area contributed by atoms with Gasteiger partial charge in [-0.3, -0.25) is 0 Å². The van der Waals surface area contributed by atoms with Gasteiger partial charge in [0.05, 0.1) is 11.0 Å². The summed E-state index contributed by atoms with van der Waals surface area (Å²) in [6, 6.07) is 6.32. The third-order valence-electron chi connectivity index (χ3n) is 2.45. The van der Waals surface area contributed by atoms with Gasteiger partial charge in [-0.25, -0.2) is 4.98 Å². The van der Waals surface area contributed by atoms with E-state index in [0.29, 0.717) is 6.61 Å². The first-order chi connectivity index (χ1) is 7.33. The van der Waals surface area contributed by atoms with Gasteiger partial charge in [0.25, 0.3) is 0 Å². The minimum absolute atomic E-state index is 0.562. The van der Waals surface area contributed by atoms with Gasteiger partial charge in [0.15, 0.2) is 0 Å². The first kappa shape index (κ1) is 10.2. The van der Waals surface area contributed by atoms with Gasteiger partial charge in [-0.1, -0.05) is 13.0 Å². The second kappa shape index (κ2) is 4.45. The molecule has 0 aliphatic heterocycles. The molecule has 0 unspecified atom stereocenters. The van der Waals surface area contributed by atoms with E-state index in [1.807, 2.05) is 6.92 Å². The number of benzene rings is 1. The first-order valence-electron chi connectivity index (χ1n) is 5.38. The molecule has 0 aliphatic rings. The third-order valence-corrected chi connectivity index (χ3v) is 2.45. The number of H-pyrrole nitrogens is 1. The zero-order chi connectivity index (χ0) is 10.7. The number of hydrogen-bond donors (Lipinski definition) is 1. The molecule has 1 heterocycles. The second-order valence-corrected chi connectivity index (χ2v) is 3.53. The number of nitrogens with one attached hydrogen (secondary N) is 1. The van der Waals surface area contributed by atoms with Crippen molar-refractivity contribution in [1.29, 1.82) is 0 Å². The molecule has 0 spiro atoms. The lowest BCUT2D eigenvalue weighted by atomic mass is 10.1. The van der Waals surface area contributed by atoms with Crippen LogP contribution in [0.15, 0.2) is 18.2 Å². The van der Waals surface area contributed by atoms with Gasteiger partial charge in [-0.15, -0.1) is 0 Å². The van der Waals surface area contributed by atoms with Crippen molar-refractivity contribution in [2.24, 2.45) is 0 Å². The van der Waals surface area contributed by atoms with Crippen LogP contribution in [0.4, 0.5) is 0 Å². The van der Waals surface area contributed by atoms with Crippen molar-refractivity contribution < 1.29 is 4.74 Å². The molecule has 80 valence electrons. The highest BCUT2D eigenvalue weighted by Gasteiger charge is 2.02. The number of aromatic nitrogens is 2. The van der Waals surface area contributed by atoms with Gasteiger partial charge in [0.2, 0.25) is 0 Å². The van der Waals surface area contributed by atoms with Crippen LogP contribution in [0.3, 0.4) is 0 Å². The predicted octanol–water partition coefficient (Wildman–Crippen LogP) is 2.66. The summed E-state index contributed by atoms with van der Waals surface area (Å²) in [5.74, 6) is 0.903. The van der Waals surface area contributed by atoms with E-state index in [1.54, 1.807) is 0 Å². The smallest absolute Gasteiger partial charge is 0.133 e. The number of ether oxygens (including phenoxy) is 1. The highest BCUT2D eigenvalue weighted by molar-refractivity contribution is 5.75. The van der Waals surface area contributed by atoms with Crippen LogP contribution in [-0.2, 0) is 17.8 Å². The molecule has 1 aromatic carbocycles. The van der Waals surface area contributed by atoms with E-state index in [9.17, 15) is 0 Å². The van der Waals surface area contributed by atoms with Crippen molar-refractivity contribution in [3.05, 3.63) is 29.6 Å². The first-order valence-corrected chi connectivity index (χ1v) is 5.38. The third kappa shape index (κ3) is 2.18. The average Bonchev–Trinajstić information content (AvgIpc) is 2.67. The number of fused-ring (bicyclic) bond motifs is 1. The van der Waals surface area contributed by atoms with E-state index < -0.39 is 0 Å². The highest BCUT2D eigenvalue weighted by atomic mass is 16.5. The molecule has 1 aromatic heterocycles. The molecule has 0 amide bonds. The average molecular weight is 204 g/mol. The number of hydrogen-bond acceptors (Lipinski definition) is 2. The lowest BCUT2D eigenvalue weighted by molar-refractivity contribution is 0.129. The largest absolute Gasteiger partial charge is 0.374 e. The van der Waals surface area contributed by atoms with Crippen molar-refractivity contribution >= 4 is 11.0 Å². The zero-order valence-corrected chi connectivity index (χ0v) is 9.21. The molecule has 3 nitrogen and oxygen atoms in total. The Labute approximate surface area is 89.5 Å². The maximum atomic E-state index is 5.31. The van der Waals surface area contributed by atoms with Crippen molar-refractivity contribution in [2.75, 3.05) is 6.61 Å². The number of nitrogens with zero attached hydrogens (tertiary/aromatic N) is 1. The normalized spacial score (nSPS) is 11.1. The van der Waals surface area contributed by atoms with E-state index in [2.05, 4.69) is 35.1 Å². The minimum Gasteiger partial charge on any atom is -0.374 e.